The van der Waals surface area contributed by atoms with E-state index in [1.165, 1.54) is 23.9 Å². The number of rotatable bonds is 7. The van der Waals surface area contributed by atoms with Crippen LogP contribution < -0.4 is 9.80 Å². The summed E-state index contributed by atoms with van der Waals surface area (Å²) in [5.74, 6) is 1.42. The van der Waals surface area contributed by atoms with Crippen molar-refractivity contribution < 1.29 is 14.5 Å². The SMILES string of the molecule is O=C(CSc1nc(Cl)cc(N2CCN(C(=O)C3CC3)CC2)n1)N1CCN(c2ccc([N+](=O)[O-])cc2)CC1. The van der Waals surface area contributed by atoms with Gasteiger partial charge in [-0.15, -0.1) is 0 Å². The van der Waals surface area contributed by atoms with Crippen molar-refractivity contribution in [2.75, 3.05) is 67.9 Å². The average Bonchev–Trinajstić information content (AvgIpc) is 3.77. The summed E-state index contributed by atoms with van der Waals surface area (Å²) in [5.41, 5.74) is 0.969. The van der Waals surface area contributed by atoms with E-state index in [1.54, 1.807) is 18.2 Å². The van der Waals surface area contributed by atoms with E-state index in [1.807, 2.05) is 9.80 Å². The number of piperazine rings is 2. The van der Waals surface area contributed by atoms with Crippen molar-refractivity contribution in [1.29, 1.82) is 0 Å². The number of hydrogen-bond acceptors (Lipinski definition) is 9. The van der Waals surface area contributed by atoms with Gasteiger partial charge in [-0.3, -0.25) is 19.7 Å². The van der Waals surface area contributed by atoms with Gasteiger partial charge in [-0.25, -0.2) is 9.97 Å². The zero-order chi connectivity index (χ0) is 25.9. The molecule has 0 radical (unpaired) electrons. The summed E-state index contributed by atoms with van der Waals surface area (Å²) in [7, 11) is 0. The van der Waals surface area contributed by atoms with Gasteiger partial charge >= 0.3 is 0 Å². The van der Waals surface area contributed by atoms with Gasteiger partial charge < -0.3 is 19.6 Å². The molecule has 3 aliphatic rings. The molecule has 37 heavy (non-hydrogen) atoms. The van der Waals surface area contributed by atoms with Gasteiger partial charge in [-0.1, -0.05) is 23.4 Å². The van der Waals surface area contributed by atoms with Crippen molar-refractivity contribution in [1.82, 2.24) is 19.8 Å². The molecule has 0 atom stereocenters. The second kappa shape index (κ2) is 11.1. The summed E-state index contributed by atoms with van der Waals surface area (Å²) in [6.07, 6.45) is 2.02. The highest BCUT2D eigenvalue weighted by atomic mass is 35.5. The third kappa shape index (κ3) is 6.24. The maximum absolute atomic E-state index is 12.8. The summed E-state index contributed by atoms with van der Waals surface area (Å²) in [5, 5.41) is 11.6. The third-order valence-electron chi connectivity index (χ3n) is 6.89. The van der Waals surface area contributed by atoms with Gasteiger partial charge in [0.2, 0.25) is 11.8 Å². The van der Waals surface area contributed by atoms with Crippen LogP contribution in [-0.4, -0.2) is 94.6 Å². The number of carbonyl (C=O) groups is 2. The van der Waals surface area contributed by atoms with Gasteiger partial charge in [0.05, 0.1) is 10.7 Å². The zero-order valence-corrected chi connectivity index (χ0v) is 21.9. The summed E-state index contributed by atoms with van der Waals surface area (Å²) in [4.78, 5) is 52.5. The second-order valence-corrected chi connectivity index (χ2v) is 10.7. The van der Waals surface area contributed by atoms with Gasteiger partial charge in [0.15, 0.2) is 5.16 Å². The number of carbonyl (C=O) groups excluding carboxylic acids is 2. The number of nitrogens with zero attached hydrogens (tertiary/aromatic N) is 7. The Hall–Kier alpha value is -3.12. The Kier molecular flexibility index (Phi) is 7.65. The predicted octanol–water partition coefficient (Wildman–Crippen LogP) is 2.54. The highest BCUT2D eigenvalue weighted by Gasteiger charge is 2.34. The second-order valence-electron chi connectivity index (χ2n) is 9.35. The van der Waals surface area contributed by atoms with Crippen molar-refractivity contribution in [2.45, 2.75) is 18.0 Å². The van der Waals surface area contributed by atoms with Crippen LogP contribution in [0.15, 0.2) is 35.5 Å². The number of aromatic nitrogens is 2. The van der Waals surface area contributed by atoms with Gasteiger partial charge in [0, 0.05) is 82.2 Å². The molecule has 0 N–H and O–H groups in total. The molecule has 196 valence electrons. The third-order valence-corrected chi connectivity index (χ3v) is 7.91. The van der Waals surface area contributed by atoms with Gasteiger partial charge in [-0.2, -0.15) is 0 Å². The zero-order valence-electron chi connectivity index (χ0n) is 20.3. The van der Waals surface area contributed by atoms with E-state index >= 15 is 0 Å². The molecule has 0 spiro atoms. The number of nitro benzene ring substituents is 1. The van der Waals surface area contributed by atoms with Crippen molar-refractivity contribution in [3.8, 4) is 0 Å². The molecule has 2 aromatic rings. The molecule has 3 fully saturated rings. The monoisotopic (exact) mass is 545 g/mol. The lowest BCUT2D eigenvalue weighted by Crippen LogP contribution is -2.49. The number of nitro groups is 1. The lowest BCUT2D eigenvalue weighted by Gasteiger charge is -2.36. The summed E-state index contributed by atoms with van der Waals surface area (Å²) >= 11 is 7.54. The Bertz CT molecular complexity index is 1160. The first-order chi connectivity index (χ1) is 17.9. The van der Waals surface area contributed by atoms with E-state index in [9.17, 15) is 19.7 Å². The van der Waals surface area contributed by atoms with Crippen LogP contribution in [0.4, 0.5) is 17.2 Å². The lowest BCUT2D eigenvalue weighted by molar-refractivity contribution is -0.384. The fraction of sp³-hybridized carbons (Fsp3) is 0.500. The molecule has 13 heteroatoms. The minimum absolute atomic E-state index is 0.00526. The van der Waals surface area contributed by atoms with Crippen LogP contribution >= 0.6 is 23.4 Å². The average molecular weight is 546 g/mol. The highest BCUT2D eigenvalue weighted by molar-refractivity contribution is 7.99. The van der Waals surface area contributed by atoms with E-state index in [0.29, 0.717) is 68.5 Å². The maximum Gasteiger partial charge on any atom is 0.269 e. The van der Waals surface area contributed by atoms with Crippen molar-refractivity contribution >= 4 is 52.4 Å². The lowest BCUT2D eigenvalue weighted by atomic mass is 10.2. The Morgan fingerprint density at radius 2 is 1.57 bits per heavy atom. The van der Waals surface area contributed by atoms with Crippen LogP contribution in [0.2, 0.25) is 5.15 Å². The fourth-order valence-corrected chi connectivity index (χ4v) is 5.56. The maximum atomic E-state index is 12.8. The largest absolute Gasteiger partial charge is 0.368 e. The molecule has 3 heterocycles. The topological polar surface area (TPSA) is 116 Å². The smallest absolute Gasteiger partial charge is 0.269 e. The molecule has 1 aliphatic carbocycles. The number of benzene rings is 1. The molecule has 1 saturated carbocycles. The number of anilines is 2. The predicted molar refractivity (Wildman–Crippen MR) is 141 cm³/mol. The van der Waals surface area contributed by atoms with Gasteiger partial charge in [0.1, 0.15) is 11.0 Å². The quantitative estimate of drug-likeness (QED) is 0.170. The van der Waals surface area contributed by atoms with E-state index in [4.69, 9.17) is 11.6 Å². The Labute approximate surface area is 223 Å². The summed E-state index contributed by atoms with van der Waals surface area (Å²) < 4.78 is 0. The number of amides is 2. The normalized spacial score (nSPS) is 18.2. The van der Waals surface area contributed by atoms with Crippen LogP contribution in [0.5, 0.6) is 0 Å². The first kappa shape index (κ1) is 25.5. The van der Waals surface area contributed by atoms with E-state index in [0.717, 1.165) is 18.5 Å². The Morgan fingerprint density at radius 3 is 2.19 bits per heavy atom. The Balaban J connectivity index is 1.11. The minimum Gasteiger partial charge on any atom is -0.368 e. The van der Waals surface area contributed by atoms with E-state index < -0.39 is 4.92 Å². The van der Waals surface area contributed by atoms with Crippen molar-refractivity contribution in [3.63, 3.8) is 0 Å². The van der Waals surface area contributed by atoms with Crippen LogP contribution in [0.25, 0.3) is 0 Å². The molecule has 5 rings (SSSR count). The molecule has 0 unspecified atom stereocenters. The van der Waals surface area contributed by atoms with E-state index in [-0.39, 0.29) is 29.2 Å². The minimum atomic E-state index is -0.414. The first-order valence-corrected chi connectivity index (χ1v) is 13.7. The number of halogens is 1. The molecule has 2 amide bonds. The van der Waals surface area contributed by atoms with Crippen LogP contribution in [0.3, 0.4) is 0 Å². The standard InChI is InChI=1S/C24H28ClN7O4S/c25-20-15-21(29-9-13-31(14-10-29)23(34)17-1-2-17)27-24(26-20)37-16-22(33)30-11-7-28(8-12-30)18-3-5-19(6-4-18)32(35)36/h3-6,15,17H,1-2,7-14,16H2. The molecule has 11 nitrogen and oxygen atoms in total. The Morgan fingerprint density at radius 1 is 0.946 bits per heavy atom. The molecular weight excluding hydrogens is 518 g/mol. The first-order valence-electron chi connectivity index (χ1n) is 12.4. The summed E-state index contributed by atoms with van der Waals surface area (Å²) in [6, 6.07) is 8.20. The molecule has 1 aromatic carbocycles. The van der Waals surface area contributed by atoms with Crippen LogP contribution in [0, 0.1) is 16.0 Å². The fourth-order valence-electron chi connectivity index (χ4n) is 4.57. The van der Waals surface area contributed by atoms with E-state index in [2.05, 4.69) is 19.8 Å². The van der Waals surface area contributed by atoms with Gasteiger partial charge in [-0.05, 0) is 25.0 Å². The molecule has 2 aliphatic heterocycles. The number of non-ortho nitro benzene ring substituents is 1. The molecular formula is C24H28ClN7O4S. The van der Waals surface area contributed by atoms with Crippen molar-refractivity contribution in [2.24, 2.45) is 5.92 Å². The number of thioether (sulfide) groups is 1. The highest BCUT2D eigenvalue weighted by Crippen LogP contribution is 2.32. The summed E-state index contributed by atoms with van der Waals surface area (Å²) in [6.45, 7) is 5.17. The van der Waals surface area contributed by atoms with Crippen molar-refractivity contribution in [3.05, 3.63) is 45.6 Å². The molecule has 0 bridgehead atoms. The van der Waals surface area contributed by atoms with Gasteiger partial charge in [0.25, 0.3) is 5.69 Å². The molecule has 2 saturated heterocycles. The molecule has 1 aromatic heterocycles. The number of hydrogen-bond donors (Lipinski definition) is 0. The van der Waals surface area contributed by atoms with Crippen LogP contribution in [0.1, 0.15) is 12.8 Å². The van der Waals surface area contributed by atoms with Crippen LogP contribution in [-0.2, 0) is 9.59 Å².